The lowest BCUT2D eigenvalue weighted by Crippen LogP contribution is -2.47. The number of H-pyrrole nitrogens is 1. The van der Waals surface area contributed by atoms with E-state index in [1.54, 1.807) is 0 Å². The first-order valence-electron chi connectivity index (χ1n) is 8.29. The van der Waals surface area contributed by atoms with Gasteiger partial charge in [0.2, 0.25) is 0 Å². The maximum absolute atomic E-state index is 12.1. The van der Waals surface area contributed by atoms with E-state index in [1.165, 1.54) is 11.3 Å². The molecule has 1 aromatic rings. The predicted molar refractivity (Wildman–Crippen MR) is 85.7 cm³/mol. The van der Waals surface area contributed by atoms with Crippen LogP contribution in [0.5, 0.6) is 0 Å². The maximum atomic E-state index is 12.1. The van der Waals surface area contributed by atoms with Gasteiger partial charge in [-0.25, -0.2) is 4.79 Å². The van der Waals surface area contributed by atoms with Crippen molar-refractivity contribution in [2.45, 2.75) is 58.4 Å². The number of amides is 2. The fourth-order valence-corrected chi connectivity index (χ4v) is 3.22. The van der Waals surface area contributed by atoms with E-state index in [9.17, 15) is 9.90 Å². The van der Waals surface area contributed by atoms with Crippen molar-refractivity contribution < 1.29 is 9.90 Å². The monoisotopic (exact) mass is 308 g/mol. The SMILES string of the molecule is CCC(CC)(CCO)CNC(=O)NC1CCc2[nH]ncc2C1. The van der Waals surface area contributed by atoms with Gasteiger partial charge in [0.25, 0.3) is 0 Å². The van der Waals surface area contributed by atoms with E-state index in [-0.39, 0.29) is 24.1 Å². The summed E-state index contributed by atoms with van der Waals surface area (Å²) in [5, 5.41) is 22.3. The van der Waals surface area contributed by atoms with Crippen LogP contribution < -0.4 is 10.6 Å². The number of nitrogens with zero attached hydrogens (tertiary/aromatic N) is 1. The zero-order valence-corrected chi connectivity index (χ0v) is 13.6. The molecule has 0 saturated heterocycles. The quantitative estimate of drug-likeness (QED) is 0.618. The topological polar surface area (TPSA) is 90.0 Å². The molecule has 4 N–H and O–H groups in total. The van der Waals surface area contributed by atoms with E-state index in [1.807, 2.05) is 6.20 Å². The lowest BCUT2D eigenvalue weighted by Gasteiger charge is -2.32. The number of rotatable bonds is 7. The Hall–Kier alpha value is -1.56. The van der Waals surface area contributed by atoms with Crippen molar-refractivity contribution in [2.75, 3.05) is 13.2 Å². The summed E-state index contributed by atoms with van der Waals surface area (Å²) in [4.78, 5) is 12.1. The van der Waals surface area contributed by atoms with E-state index in [4.69, 9.17) is 0 Å². The Kier molecular flexibility index (Phi) is 5.83. The number of carbonyl (C=O) groups excluding carboxylic acids is 1. The van der Waals surface area contributed by atoms with Crippen molar-refractivity contribution >= 4 is 6.03 Å². The molecule has 0 spiro atoms. The highest BCUT2D eigenvalue weighted by atomic mass is 16.3. The first-order valence-corrected chi connectivity index (χ1v) is 8.29. The number of aliphatic hydroxyl groups excluding tert-OH is 1. The summed E-state index contributed by atoms with van der Waals surface area (Å²) in [5.74, 6) is 0. The Morgan fingerprint density at radius 2 is 2.27 bits per heavy atom. The summed E-state index contributed by atoms with van der Waals surface area (Å²) in [7, 11) is 0. The highest BCUT2D eigenvalue weighted by Gasteiger charge is 2.27. The number of nitrogens with one attached hydrogen (secondary N) is 3. The smallest absolute Gasteiger partial charge is 0.315 e. The molecule has 124 valence electrons. The third kappa shape index (κ3) is 4.00. The summed E-state index contributed by atoms with van der Waals surface area (Å²) in [6.45, 7) is 4.99. The number of aromatic nitrogens is 2. The lowest BCUT2D eigenvalue weighted by atomic mass is 9.79. The van der Waals surface area contributed by atoms with Crippen LogP contribution in [0.1, 0.15) is 50.8 Å². The van der Waals surface area contributed by atoms with Crippen LogP contribution in [0, 0.1) is 5.41 Å². The third-order valence-corrected chi connectivity index (χ3v) is 5.12. The minimum Gasteiger partial charge on any atom is -0.396 e. The van der Waals surface area contributed by atoms with Crippen LogP contribution in [0.4, 0.5) is 4.79 Å². The number of aryl methyl sites for hydroxylation is 1. The van der Waals surface area contributed by atoms with Crippen LogP contribution in [0.25, 0.3) is 0 Å². The van der Waals surface area contributed by atoms with Crippen LogP contribution in [-0.4, -0.2) is 40.5 Å². The molecule has 0 radical (unpaired) electrons. The second kappa shape index (κ2) is 7.63. The van der Waals surface area contributed by atoms with Gasteiger partial charge in [-0.2, -0.15) is 5.10 Å². The van der Waals surface area contributed by atoms with Crippen LogP contribution in [0.3, 0.4) is 0 Å². The zero-order valence-electron chi connectivity index (χ0n) is 13.6. The van der Waals surface area contributed by atoms with Crippen molar-refractivity contribution in [3.05, 3.63) is 17.5 Å². The van der Waals surface area contributed by atoms with Gasteiger partial charge in [-0.05, 0) is 49.5 Å². The van der Waals surface area contributed by atoms with Crippen molar-refractivity contribution in [1.29, 1.82) is 0 Å². The van der Waals surface area contributed by atoms with Gasteiger partial charge in [0.1, 0.15) is 0 Å². The number of carbonyl (C=O) groups is 1. The Bertz CT molecular complexity index is 482. The normalized spacial score (nSPS) is 17.9. The molecular formula is C16H28N4O2. The molecule has 1 aromatic heterocycles. The van der Waals surface area contributed by atoms with E-state index in [2.05, 4.69) is 34.7 Å². The molecule has 1 unspecified atom stereocenters. The van der Waals surface area contributed by atoms with E-state index in [0.717, 1.165) is 38.5 Å². The molecule has 2 rings (SSSR count). The Morgan fingerprint density at radius 1 is 1.50 bits per heavy atom. The average Bonchev–Trinajstić information content (AvgIpc) is 2.99. The lowest BCUT2D eigenvalue weighted by molar-refractivity contribution is 0.162. The molecule has 0 aliphatic heterocycles. The fraction of sp³-hybridized carbons (Fsp3) is 0.750. The predicted octanol–water partition coefficient (Wildman–Crippen LogP) is 1.75. The first kappa shape index (κ1) is 16.8. The number of aromatic amines is 1. The van der Waals surface area contributed by atoms with Crippen LogP contribution in [0.15, 0.2) is 6.20 Å². The van der Waals surface area contributed by atoms with Gasteiger partial charge in [0.05, 0.1) is 6.20 Å². The molecule has 6 nitrogen and oxygen atoms in total. The second-order valence-corrected chi connectivity index (χ2v) is 6.32. The Balaban J connectivity index is 1.81. The molecule has 1 atom stereocenters. The van der Waals surface area contributed by atoms with Gasteiger partial charge < -0.3 is 15.7 Å². The van der Waals surface area contributed by atoms with Gasteiger partial charge in [-0.1, -0.05) is 13.8 Å². The standard InChI is InChI=1S/C16H28N4O2/c1-3-16(4-2,7-8-21)11-17-15(22)19-13-5-6-14-12(9-13)10-18-20-14/h10,13,21H,3-9,11H2,1-2H3,(H,18,20)(H2,17,19,22). The Morgan fingerprint density at radius 3 is 2.95 bits per heavy atom. The minimum atomic E-state index is -0.110. The first-order chi connectivity index (χ1) is 10.6. The number of fused-ring (bicyclic) bond motifs is 1. The van der Waals surface area contributed by atoms with Gasteiger partial charge in [0, 0.05) is 24.9 Å². The summed E-state index contributed by atoms with van der Waals surface area (Å²) in [6, 6.07) is 0.0572. The number of hydrogen-bond donors (Lipinski definition) is 4. The van der Waals surface area contributed by atoms with Gasteiger partial charge in [-0.3, -0.25) is 5.10 Å². The van der Waals surface area contributed by atoms with E-state index in [0.29, 0.717) is 6.54 Å². The molecule has 0 bridgehead atoms. The van der Waals surface area contributed by atoms with E-state index >= 15 is 0 Å². The van der Waals surface area contributed by atoms with Gasteiger partial charge >= 0.3 is 6.03 Å². The molecular weight excluding hydrogens is 280 g/mol. The van der Waals surface area contributed by atoms with Crippen molar-refractivity contribution in [3.63, 3.8) is 0 Å². The van der Waals surface area contributed by atoms with Crippen molar-refractivity contribution in [2.24, 2.45) is 5.41 Å². The van der Waals surface area contributed by atoms with Gasteiger partial charge in [-0.15, -0.1) is 0 Å². The zero-order chi connectivity index (χ0) is 16.0. The minimum absolute atomic E-state index is 0.00359. The molecule has 2 amide bonds. The van der Waals surface area contributed by atoms with Crippen molar-refractivity contribution in [1.82, 2.24) is 20.8 Å². The highest BCUT2D eigenvalue weighted by Crippen LogP contribution is 2.29. The second-order valence-electron chi connectivity index (χ2n) is 6.32. The summed E-state index contributed by atoms with van der Waals surface area (Å²) < 4.78 is 0. The van der Waals surface area contributed by atoms with Crippen LogP contribution in [0.2, 0.25) is 0 Å². The molecule has 22 heavy (non-hydrogen) atoms. The number of hydrogen-bond acceptors (Lipinski definition) is 3. The number of urea groups is 1. The average molecular weight is 308 g/mol. The highest BCUT2D eigenvalue weighted by molar-refractivity contribution is 5.74. The summed E-state index contributed by atoms with van der Waals surface area (Å²) in [5.41, 5.74) is 2.39. The maximum Gasteiger partial charge on any atom is 0.315 e. The molecule has 0 saturated carbocycles. The molecule has 1 heterocycles. The molecule has 6 heteroatoms. The largest absolute Gasteiger partial charge is 0.396 e. The molecule has 1 aliphatic carbocycles. The van der Waals surface area contributed by atoms with Gasteiger partial charge in [0.15, 0.2) is 0 Å². The van der Waals surface area contributed by atoms with E-state index < -0.39 is 0 Å². The molecule has 0 aromatic carbocycles. The van der Waals surface area contributed by atoms with Crippen LogP contribution in [-0.2, 0) is 12.8 Å². The van der Waals surface area contributed by atoms with Crippen LogP contribution >= 0.6 is 0 Å². The summed E-state index contributed by atoms with van der Waals surface area (Å²) in [6.07, 6.45) is 7.18. The third-order valence-electron chi connectivity index (χ3n) is 5.12. The fourth-order valence-electron chi connectivity index (χ4n) is 3.22. The van der Waals surface area contributed by atoms with Crippen molar-refractivity contribution in [3.8, 4) is 0 Å². The Labute approximate surface area is 132 Å². The summed E-state index contributed by atoms with van der Waals surface area (Å²) >= 11 is 0. The number of aliphatic hydroxyl groups is 1. The molecule has 0 fully saturated rings. The molecule has 1 aliphatic rings.